The van der Waals surface area contributed by atoms with Gasteiger partial charge in [-0.25, -0.2) is 0 Å². The average Bonchev–Trinajstić information content (AvgIpc) is 2.84. The fourth-order valence-corrected chi connectivity index (χ4v) is 3.42. The maximum absolute atomic E-state index is 12.4. The van der Waals surface area contributed by atoms with Gasteiger partial charge in [-0.3, -0.25) is 9.69 Å². The molecule has 22 heavy (non-hydrogen) atoms. The van der Waals surface area contributed by atoms with Crippen LogP contribution < -0.4 is 5.32 Å². The van der Waals surface area contributed by atoms with E-state index in [4.69, 9.17) is 0 Å². The number of hydrogen-bond acceptors (Lipinski definition) is 3. The normalized spacial score (nSPS) is 26.4. The van der Waals surface area contributed by atoms with Gasteiger partial charge in [-0.1, -0.05) is 30.3 Å². The number of amides is 1. The summed E-state index contributed by atoms with van der Waals surface area (Å²) in [5.41, 5.74) is -0.246. The Kier molecular flexibility index (Phi) is 5.24. The smallest absolute Gasteiger partial charge is 0.237 e. The maximum Gasteiger partial charge on any atom is 0.237 e. The van der Waals surface area contributed by atoms with Crippen LogP contribution in [0.5, 0.6) is 0 Å². The topological polar surface area (TPSA) is 52.6 Å². The number of aliphatic hydroxyl groups is 1. The van der Waals surface area contributed by atoms with E-state index in [2.05, 4.69) is 24.1 Å². The second-order valence-electron chi connectivity index (χ2n) is 6.76. The molecule has 1 fully saturated rings. The Bertz CT molecular complexity index is 491. The average molecular weight is 304 g/mol. The van der Waals surface area contributed by atoms with Crippen molar-refractivity contribution in [1.82, 2.24) is 10.2 Å². The van der Waals surface area contributed by atoms with Gasteiger partial charge in [0.05, 0.1) is 12.6 Å². The third kappa shape index (κ3) is 3.68. The molecule has 1 aromatic carbocycles. The standard InChI is InChI=1S/C18H28N2O2/c1-13-10-11-14(2)20(13)15(3)17(21)19-12-18(4,22)16-8-6-5-7-9-16/h5-9,13-15,22H,10-12H2,1-4H3,(H,19,21). The molecule has 1 aliphatic rings. The highest BCUT2D eigenvalue weighted by Gasteiger charge is 2.35. The molecule has 0 aromatic heterocycles. The van der Waals surface area contributed by atoms with E-state index in [1.165, 1.54) is 0 Å². The number of nitrogens with one attached hydrogen (secondary N) is 1. The first-order valence-corrected chi connectivity index (χ1v) is 8.16. The third-order valence-corrected chi connectivity index (χ3v) is 4.85. The minimum atomic E-state index is -1.06. The summed E-state index contributed by atoms with van der Waals surface area (Å²) < 4.78 is 0. The molecule has 0 radical (unpaired) electrons. The van der Waals surface area contributed by atoms with Gasteiger partial charge in [-0.05, 0) is 46.1 Å². The molecule has 1 saturated heterocycles. The monoisotopic (exact) mass is 304 g/mol. The zero-order valence-electron chi connectivity index (χ0n) is 14.0. The first kappa shape index (κ1) is 17.0. The lowest BCUT2D eigenvalue weighted by molar-refractivity contribution is -0.128. The van der Waals surface area contributed by atoms with Gasteiger partial charge in [0.1, 0.15) is 5.60 Å². The largest absolute Gasteiger partial charge is 0.384 e. The summed E-state index contributed by atoms with van der Waals surface area (Å²) in [6.45, 7) is 8.25. The van der Waals surface area contributed by atoms with E-state index < -0.39 is 5.60 Å². The second-order valence-corrected chi connectivity index (χ2v) is 6.76. The van der Waals surface area contributed by atoms with E-state index in [1.54, 1.807) is 6.92 Å². The van der Waals surface area contributed by atoms with Crippen LogP contribution in [0.3, 0.4) is 0 Å². The van der Waals surface area contributed by atoms with E-state index in [9.17, 15) is 9.90 Å². The Morgan fingerprint density at radius 2 is 1.86 bits per heavy atom. The van der Waals surface area contributed by atoms with Crippen molar-refractivity contribution in [3.05, 3.63) is 35.9 Å². The zero-order chi connectivity index (χ0) is 16.3. The molecule has 0 aliphatic carbocycles. The van der Waals surface area contributed by atoms with Gasteiger partial charge in [0, 0.05) is 12.1 Å². The Morgan fingerprint density at radius 1 is 1.32 bits per heavy atom. The van der Waals surface area contributed by atoms with Crippen molar-refractivity contribution in [1.29, 1.82) is 0 Å². The molecule has 1 amide bonds. The Hall–Kier alpha value is -1.39. The summed E-state index contributed by atoms with van der Waals surface area (Å²) in [5.74, 6) is -0.0168. The molecule has 1 heterocycles. The summed E-state index contributed by atoms with van der Waals surface area (Å²) in [4.78, 5) is 14.7. The van der Waals surface area contributed by atoms with Crippen LogP contribution in [0.4, 0.5) is 0 Å². The van der Waals surface area contributed by atoms with Gasteiger partial charge in [-0.2, -0.15) is 0 Å². The van der Waals surface area contributed by atoms with E-state index in [0.29, 0.717) is 12.1 Å². The maximum atomic E-state index is 12.4. The number of hydrogen-bond donors (Lipinski definition) is 2. The van der Waals surface area contributed by atoms with E-state index in [0.717, 1.165) is 18.4 Å². The summed E-state index contributed by atoms with van der Waals surface area (Å²) in [7, 11) is 0. The minimum absolute atomic E-state index is 0.0168. The van der Waals surface area contributed by atoms with Gasteiger partial charge < -0.3 is 10.4 Å². The van der Waals surface area contributed by atoms with Crippen molar-refractivity contribution in [2.24, 2.45) is 0 Å². The van der Waals surface area contributed by atoms with Gasteiger partial charge in [0.2, 0.25) is 5.91 Å². The van der Waals surface area contributed by atoms with E-state index in [-0.39, 0.29) is 18.5 Å². The van der Waals surface area contributed by atoms with E-state index >= 15 is 0 Å². The number of benzene rings is 1. The second kappa shape index (κ2) is 6.80. The molecule has 4 nitrogen and oxygen atoms in total. The molecular formula is C18H28N2O2. The Morgan fingerprint density at radius 3 is 2.41 bits per heavy atom. The molecular weight excluding hydrogens is 276 g/mol. The van der Waals surface area contributed by atoms with Crippen LogP contribution in [-0.4, -0.2) is 40.6 Å². The number of carbonyl (C=O) groups is 1. The summed E-state index contributed by atoms with van der Waals surface area (Å²) in [5, 5.41) is 13.5. The lowest BCUT2D eigenvalue weighted by atomic mass is 9.96. The van der Waals surface area contributed by atoms with Crippen LogP contribution in [0.15, 0.2) is 30.3 Å². The molecule has 0 bridgehead atoms. The van der Waals surface area contributed by atoms with Crippen LogP contribution in [0.2, 0.25) is 0 Å². The molecule has 2 N–H and O–H groups in total. The van der Waals surface area contributed by atoms with E-state index in [1.807, 2.05) is 37.3 Å². The van der Waals surface area contributed by atoms with Gasteiger partial charge >= 0.3 is 0 Å². The number of carbonyl (C=O) groups excluding carboxylic acids is 1. The molecule has 4 unspecified atom stereocenters. The zero-order valence-corrected chi connectivity index (χ0v) is 14.0. The van der Waals surface area contributed by atoms with Crippen molar-refractivity contribution in [3.8, 4) is 0 Å². The number of rotatable bonds is 5. The minimum Gasteiger partial charge on any atom is -0.384 e. The first-order valence-electron chi connectivity index (χ1n) is 8.16. The fraction of sp³-hybridized carbons (Fsp3) is 0.611. The predicted molar refractivity (Wildman–Crippen MR) is 88.5 cm³/mol. The van der Waals surface area contributed by atoms with Crippen molar-refractivity contribution in [2.45, 2.75) is 64.3 Å². The van der Waals surface area contributed by atoms with Gasteiger partial charge in [-0.15, -0.1) is 0 Å². The van der Waals surface area contributed by atoms with Crippen molar-refractivity contribution < 1.29 is 9.90 Å². The third-order valence-electron chi connectivity index (χ3n) is 4.85. The number of nitrogens with zero attached hydrogens (tertiary/aromatic N) is 1. The first-order chi connectivity index (χ1) is 10.3. The van der Waals surface area contributed by atoms with Crippen LogP contribution in [-0.2, 0) is 10.4 Å². The van der Waals surface area contributed by atoms with Crippen molar-refractivity contribution in [3.63, 3.8) is 0 Å². The summed E-state index contributed by atoms with van der Waals surface area (Å²) in [6, 6.07) is 10.1. The Labute approximate surface area is 133 Å². The highest BCUT2D eigenvalue weighted by molar-refractivity contribution is 5.81. The molecule has 4 atom stereocenters. The lowest BCUT2D eigenvalue weighted by Gasteiger charge is -2.32. The van der Waals surface area contributed by atoms with Crippen molar-refractivity contribution >= 4 is 5.91 Å². The van der Waals surface area contributed by atoms with Crippen LogP contribution in [0.1, 0.15) is 46.1 Å². The summed E-state index contributed by atoms with van der Waals surface area (Å²) >= 11 is 0. The van der Waals surface area contributed by atoms with Crippen LogP contribution in [0, 0.1) is 0 Å². The molecule has 1 aromatic rings. The number of likely N-dealkylation sites (tertiary alicyclic amines) is 1. The highest BCUT2D eigenvalue weighted by Crippen LogP contribution is 2.26. The lowest BCUT2D eigenvalue weighted by Crippen LogP contribution is -2.51. The molecule has 122 valence electrons. The van der Waals surface area contributed by atoms with Crippen LogP contribution >= 0.6 is 0 Å². The van der Waals surface area contributed by atoms with Gasteiger partial charge in [0.15, 0.2) is 0 Å². The van der Waals surface area contributed by atoms with Crippen LogP contribution in [0.25, 0.3) is 0 Å². The molecule has 4 heteroatoms. The highest BCUT2D eigenvalue weighted by atomic mass is 16.3. The predicted octanol–water partition coefficient (Wildman–Crippen LogP) is 2.27. The molecule has 2 rings (SSSR count). The van der Waals surface area contributed by atoms with Gasteiger partial charge in [0.25, 0.3) is 0 Å². The molecule has 0 spiro atoms. The SMILES string of the molecule is CC1CCC(C)N1C(C)C(=O)NCC(C)(O)c1ccccc1. The molecule has 0 saturated carbocycles. The molecule has 1 aliphatic heterocycles. The quantitative estimate of drug-likeness (QED) is 0.877. The Balaban J connectivity index is 1.95. The summed E-state index contributed by atoms with van der Waals surface area (Å²) in [6.07, 6.45) is 2.28. The fourth-order valence-electron chi connectivity index (χ4n) is 3.42. The van der Waals surface area contributed by atoms with Crippen molar-refractivity contribution in [2.75, 3.05) is 6.54 Å².